The number of aromatic nitrogens is 1. The highest BCUT2D eigenvalue weighted by molar-refractivity contribution is 5.73. The van der Waals surface area contributed by atoms with E-state index in [1.165, 1.54) is 0 Å². The second-order valence-corrected chi connectivity index (χ2v) is 4.17. The van der Waals surface area contributed by atoms with Crippen LogP contribution in [-0.2, 0) is 11.2 Å². The smallest absolute Gasteiger partial charge is 0.322 e. The van der Waals surface area contributed by atoms with Crippen LogP contribution in [0.3, 0.4) is 0 Å². The van der Waals surface area contributed by atoms with Gasteiger partial charge in [0.1, 0.15) is 6.04 Å². The van der Waals surface area contributed by atoms with Crippen molar-refractivity contribution in [1.29, 1.82) is 0 Å². The molecule has 92 valence electrons. The molecule has 0 saturated carbocycles. The summed E-state index contributed by atoms with van der Waals surface area (Å²) in [5, 5.41) is 12.2. The Hall–Kier alpha value is -1.46. The van der Waals surface area contributed by atoms with Crippen molar-refractivity contribution in [2.45, 2.75) is 12.5 Å². The first-order valence-corrected chi connectivity index (χ1v) is 5.85. The van der Waals surface area contributed by atoms with Crippen LogP contribution in [0.4, 0.5) is 0 Å². The average Bonchev–Trinajstić information content (AvgIpc) is 2.38. The van der Waals surface area contributed by atoms with Gasteiger partial charge in [-0.2, -0.15) is 0 Å². The number of aliphatic carboxylic acids is 1. The Kier molecular flexibility index (Phi) is 4.06. The van der Waals surface area contributed by atoms with Crippen LogP contribution in [0.1, 0.15) is 5.69 Å². The summed E-state index contributed by atoms with van der Waals surface area (Å²) >= 11 is 0. The molecule has 1 aromatic heterocycles. The summed E-state index contributed by atoms with van der Waals surface area (Å²) in [6, 6.07) is 5.40. The van der Waals surface area contributed by atoms with E-state index in [-0.39, 0.29) is 0 Å². The summed E-state index contributed by atoms with van der Waals surface area (Å²) in [6.07, 6.45) is 2.56. The van der Waals surface area contributed by atoms with Crippen molar-refractivity contribution < 1.29 is 9.90 Å². The van der Waals surface area contributed by atoms with Crippen LogP contribution >= 0.6 is 0 Å². The summed E-state index contributed by atoms with van der Waals surface area (Å²) in [5.41, 5.74) is 1.01. The minimum Gasteiger partial charge on any atom is -0.480 e. The van der Waals surface area contributed by atoms with E-state index in [1.807, 2.05) is 23.1 Å². The van der Waals surface area contributed by atoms with Gasteiger partial charge in [0.05, 0.1) is 0 Å². The fourth-order valence-corrected chi connectivity index (χ4v) is 2.06. The van der Waals surface area contributed by atoms with Crippen molar-refractivity contribution in [3.63, 3.8) is 0 Å². The van der Waals surface area contributed by atoms with E-state index in [1.54, 1.807) is 6.20 Å². The number of piperazine rings is 1. The van der Waals surface area contributed by atoms with Crippen LogP contribution in [0.2, 0.25) is 0 Å². The molecule has 1 atom stereocenters. The van der Waals surface area contributed by atoms with Crippen LogP contribution < -0.4 is 5.32 Å². The first kappa shape index (κ1) is 12.0. The number of rotatable bonds is 4. The first-order valence-electron chi connectivity index (χ1n) is 5.85. The molecule has 17 heavy (non-hydrogen) atoms. The van der Waals surface area contributed by atoms with Crippen LogP contribution in [-0.4, -0.2) is 53.2 Å². The Bertz CT molecular complexity index is 369. The van der Waals surface area contributed by atoms with Gasteiger partial charge in [-0.05, 0) is 12.1 Å². The topological polar surface area (TPSA) is 65.5 Å². The van der Waals surface area contributed by atoms with Crippen molar-refractivity contribution in [3.8, 4) is 0 Å². The lowest BCUT2D eigenvalue weighted by Gasteiger charge is -2.33. The molecule has 1 unspecified atom stereocenters. The highest BCUT2D eigenvalue weighted by Crippen LogP contribution is 2.05. The number of hydrogen-bond donors (Lipinski definition) is 2. The lowest BCUT2D eigenvalue weighted by atomic mass is 10.1. The molecule has 0 aliphatic carbocycles. The summed E-state index contributed by atoms with van der Waals surface area (Å²) < 4.78 is 0. The number of carbonyl (C=O) groups is 1. The molecular formula is C12H17N3O2. The van der Waals surface area contributed by atoms with E-state index in [9.17, 15) is 4.79 Å². The number of carboxylic acids is 1. The van der Waals surface area contributed by atoms with Gasteiger partial charge in [-0.1, -0.05) is 6.07 Å². The van der Waals surface area contributed by atoms with Gasteiger partial charge in [-0.25, -0.2) is 0 Å². The third-order valence-electron chi connectivity index (χ3n) is 3.02. The second-order valence-electron chi connectivity index (χ2n) is 4.17. The van der Waals surface area contributed by atoms with Gasteiger partial charge >= 0.3 is 5.97 Å². The molecule has 2 rings (SSSR count). The molecule has 1 aliphatic heterocycles. The first-order chi connectivity index (χ1) is 8.27. The Morgan fingerprint density at radius 1 is 1.59 bits per heavy atom. The molecule has 0 amide bonds. The molecule has 2 N–H and O–H groups in total. The largest absolute Gasteiger partial charge is 0.480 e. The van der Waals surface area contributed by atoms with Gasteiger partial charge in [-0.15, -0.1) is 0 Å². The summed E-state index contributed by atoms with van der Waals surface area (Å²) in [5.74, 6) is -0.752. The lowest BCUT2D eigenvalue weighted by molar-refractivity contribution is -0.143. The van der Waals surface area contributed by atoms with E-state index < -0.39 is 12.0 Å². The molecule has 1 saturated heterocycles. The van der Waals surface area contributed by atoms with Gasteiger partial charge in [0.15, 0.2) is 0 Å². The minimum absolute atomic E-state index is 0.410. The molecule has 5 heteroatoms. The van der Waals surface area contributed by atoms with E-state index >= 15 is 0 Å². The lowest BCUT2D eigenvalue weighted by Crippen LogP contribution is -2.55. The predicted octanol–water partition coefficient (Wildman–Crippen LogP) is -0.0175. The number of nitrogens with one attached hydrogen (secondary N) is 1. The third-order valence-corrected chi connectivity index (χ3v) is 3.02. The van der Waals surface area contributed by atoms with Gasteiger partial charge in [0.25, 0.3) is 0 Å². The standard InChI is InChI=1S/C12H17N3O2/c16-12(17)11-9-13-6-8-15(11)7-4-10-3-1-2-5-14-10/h1-3,5,11,13H,4,6-9H2,(H,16,17). The van der Waals surface area contributed by atoms with E-state index in [0.29, 0.717) is 6.54 Å². The zero-order valence-electron chi connectivity index (χ0n) is 9.67. The predicted molar refractivity (Wildman–Crippen MR) is 63.8 cm³/mol. The van der Waals surface area contributed by atoms with E-state index in [4.69, 9.17) is 5.11 Å². The number of hydrogen-bond acceptors (Lipinski definition) is 4. The maximum absolute atomic E-state index is 11.1. The van der Waals surface area contributed by atoms with Gasteiger partial charge < -0.3 is 10.4 Å². The zero-order valence-corrected chi connectivity index (χ0v) is 9.67. The maximum Gasteiger partial charge on any atom is 0.322 e. The van der Waals surface area contributed by atoms with Crippen molar-refractivity contribution in [1.82, 2.24) is 15.2 Å². The normalized spacial score (nSPS) is 21.3. The molecule has 1 fully saturated rings. The SMILES string of the molecule is O=C(O)C1CNCCN1CCc1ccccn1. The third kappa shape index (κ3) is 3.25. The quantitative estimate of drug-likeness (QED) is 0.768. The maximum atomic E-state index is 11.1. The summed E-state index contributed by atoms with van der Waals surface area (Å²) in [7, 11) is 0. The number of nitrogens with zero attached hydrogens (tertiary/aromatic N) is 2. The van der Waals surface area contributed by atoms with Crippen molar-refractivity contribution in [2.75, 3.05) is 26.2 Å². The highest BCUT2D eigenvalue weighted by Gasteiger charge is 2.27. The van der Waals surface area contributed by atoms with Gasteiger partial charge in [-0.3, -0.25) is 14.7 Å². The van der Waals surface area contributed by atoms with E-state index in [0.717, 1.165) is 31.7 Å². The molecule has 5 nitrogen and oxygen atoms in total. The monoisotopic (exact) mass is 235 g/mol. The van der Waals surface area contributed by atoms with Crippen molar-refractivity contribution >= 4 is 5.97 Å². The Morgan fingerprint density at radius 2 is 2.47 bits per heavy atom. The van der Waals surface area contributed by atoms with Crippen LogP contribution in [0.15, 0.2) is 24.4 Å². The number of carboxylic acid groups (broad SMARTS) is 1. The fraction of sp³-hybridized carbons (Fsp3) is 0.500. The molecule has 0 bridgehead atoms. The van der Waals surface area contributed by atoms with Crippen molar-refractivity contribution in [3.05, 3.63) is 30.1 Å². The zero-order chi connectivity index (χ0) is 12.1. The van der Waals surface area contributed by atoms with Crippen LogP contribution in [0, 0.1) is 0 Å². The molecule has 0 aromatic carbocycles. The Labute approximate surface area is 100 Å². The summed E-state index contributed by atoms with van der Waals surface area (Å²) in [4.78, 5) is 17.3. The Balaban J connectivity index is 1.90. The highest BCUT2D eigenvalue weighted by atomic mass is 16.4. The average molecular weight is 235 g/mol. The number of pyridine rings is 1. The molecular weight excluding hydrogens is 218 g/mol. The molecule has 0 spiro atoms. The molecule has 1 aromatic rings. The summed E-state index contributed by atoms with van der Waals surface area (Å²) in [6.45, 7) is 2.91. The minimum atomic E-state index is -0.752. The Morgan fingerprint density at radius 3 is 3.18 bits per heavy atom. The second kappa shape index (κ2) is 5.75. The van der Waals surface area contributed by atoms with E-state index in [2.05, 4.69) is 10.3 Å². The van der Waals surface area contributed by atoms with Crippen LogP contribution in [0.5, 0.6) is 0 Å². The fourth-order valence-electron chi connectivity index (χ4n) is 2.06. The van der Waals surface area contributed by atoms with Crippen molar-refractivity contribution in [2.24, 2.45) is 0 Å². The molecule has 0 radical (unpaired) electrons. The van der Waals surface area contributed by atoms with Gasteiger partial charge in [0, 0.05) is 44.5 Å². The van der Waals surface area contributed by atoms with Gasteiger partial charge in [0.2, 0.25) is 0 Å². The molecule has 1 aliphatic rings. The molecule has 2 heterocycles. The van der Waals surface area contributed by atoms with Crippen LogP contribution in [0.25, 0.3) is 0 Å².